The monoisotopic (exact) mass is 326 g/mol. The Morgan fingerprint density at radius 1 is 1.26 bits per heavy atom. The molecule has 0 bridgehead atoms. The van der Waals surface area contributed by atoms with Crippen molar-refractivity contribution in [2.45, 2.75) is 20.0 Å². The summed E-state index contributed by atoms with van der Waals surface area (Å²) < 4.78 is 0. The quantitative estimate of drug-likeness (QED) is 0.752. The molecular formula is C17H18N4OS. The third kappa shape index (κ3) is 3.55. The minimum Gasteiger partial charge on any atom is -0.387 e. The molecule has 1 unspecified atom stereocenters. The number of nitrogens with zero attached hydrogens (tertiary/aromatic N) is 3. The Morgan fingerprint density at radius 3 is 2.83 bits per heavy atom. The lowest BCUT2D eigenvalue weighted by Crippen LogP contribution is -2.14. The van der Waals surface area contributed by atoms with E-state index in [9.17, 15) is 5.11 Å². The Bertz CT molecular complexity index is 775. The predicted molar refractivity (Wildman–Crippen MR) is 92.5 cm³/mol. The standard InChI is InChI=1S/C17H18N4OS/c1-11-12(2)20-17(13-4-3-6-18-8-13)21-16(11)19-9-15(22)14-5-7-23-10-14/h3-8,10,15,22H,9H2,1-2H3,(H,19,20,21). The summed E-state index contributed by atoms with van der Waals surface area (Å²) in [6, 6.07) is 5.72. The fourth-order valence-corrected chi connectivity index (χ4v) is 2.91. The first-order valence-corrected chi connectivity index (χ1v) is 8.29. The van der Waals surface area contributed by atoms with Gasteiger partial charge in [0.25, 0.3) is 0 Å². The number of hydrogen-bond donors (Lipinski definition) is 2. The van der Waals surface area contributed by atoms with E-state index in [-0.39, 0.29) is 0 Å². The van der Waals surface area contributed by atoms with Gasteiger partial charge in [-0.05, 0) is 48.4 Å². The molecule has 118 valence electrons. The molecule has 3 aromatic rings. The third-order valence-corrected chi connectivity index (χ3v) is 4.40. The van der Waals surface area contributed by atoms with Crippen molar-refractivity contribution >= 4 is 17.2 Å². The van der Waals surface area contributed by atoms with Crippen molar-refractivity contribution in [3.05, 3.63) is 58.2 Å². The van der Waals surface area contributed by atoms with Crippen LogP contribution in [0.1, 0.15) is 22.9 Å². The molecule has 0 aliphatic carbocycles. The van der Waals surface area contributed by atoms with Crippen molar-refractivity contribution in [1.29, 1.82) is 0 Å². The van der Waals surface area contributed by atoms with E-state index < -0.39 is 6.10 Å². The maximum Gasteiger partial charge on any atom is 0.163 e. The Labute approximate surface area is 139 Å². The van der Waals surface area contributed by atoms with Crippen molar-refractivity contribution < 1.29 is 5.11 Å². The van der Waals surface area contributed by atoms with Gasteiger partial charge in [0, 0.05) is 35.8 Å². The molecule has 0 saturated heterocycles. The lowest BCUT2D eigenvalue weighted by molar-refractivity contribution is 0.192. The van der Waals surface area contributed by atoms with E-state index >= 15 is 0 Å². The van der Waals surface area contributed by atoms with Crippen LogP contribution in [0.2, 0.25) is 0 Å². The van der Waals surface area contributed by atoms with E-state index in [4.69, 9.17) is 0 Å². The highest BCUT2D eigenvalue weighted by atomic mass is 32.1. The molecule has 5 nitrogen and oxygen atoms in total. The molecule has 1 atom stereocenters. The van der Waals surface area contributed by atoms with E-state index in [1.54, 1.807) is 23.7 Å². The SMILES string of the molecule is Cc1nc(-c2cccnc2)nc(NCC(O)c2ccsc2)c1C. The minimum absolute atomic E-state index is 0.403. The van der Waals surface area contributed by atoms with Crippen LogP contribution in [0.5, 0.6) is 0 Å². The average Bonchev–Trinajstić information content (AvgIpc) is 3.11. The first kappa shape index (κ1) is 15.6. The summed E-state index contributed by atoms with van der Waals surface area (Å²) in [5.41, 5.74) is 3.68. The zero-order chi connectivity index (χ0) is 16.2. The Kier molecular flexibility index (Phi) is 4.64. The molecule has 0 aromatic carbocycles. The van der Waals surface area contributed by atoms with Gasteiger partial charge in [0.05, 0.1) is 6.10 Å². The van der Waals surface area contributed by atoms with E-state index in [1.165, 1.54) is 0 Å². The van der Waals surface area contributed by atoms with Gasteiger partial charge in [0.2, 0.25) is 0 Å². The number of thiophene rings is 1. The molecule has 0 radical (unpaired) electrons. The maximum absolute atomic E-state index is 10.2. The Balaban J connectivity index is 1.82. The van der Waals surface area contributed by atoms with Gasteiger partial charge < -0.3 is 10.4 Å². The van der Waals surface area contributed by atoms with Crippen molar-refractivity contribution in [2.24, 2.45) is 0 Å². The van der Waals surface area contributed by atoms with Crippen molar-refractivity contribution in [3.63, 3.8) is 0 Å². The van der Waals surface area contributed by atoms with Crippen LogP contribution in [0.15, 0.2) is 41.4 Å². The van der Waals surface area contributed by atoms with E-state index in [0.29, 0.717) is 12.4 Å². The second kappa shape index (κ2) is 6.85. The van der Waals surface area contributed by atoms with Crippen molar-refractivity contribution in [3.8, 4) is 11.4 Å². The molecule has 0 aliphatic rings. The van der Waals surface area contributed by atoms with E-state index in [0.717, 1.165) is 28.2 Å². The summed E-state index contributed by atoms with van der Waals surface area (Å²) in [6.07, 6.45) is 2.91. The van der Waals surface area contributed by atoms with Crippen LogP contribution in [0, 0.1) is 13.8 Å². The molecule has 3 rings (SSSR count). The van der Waals surface area contributed by atoms with Crippen molar-refractivity contribution in [2.75, 3.05) is 11.9 Å². The molecule has 2 N–H and O–H groups in total. The summed E-state index contributed by atoms with van der Waals surface area (Å²) in [7, 11) is 0. The van der Waals surface area contributed by atoms with Crippen LogP contribution in [0.25, 0.3) is 11.4 Å². The molecule has 0 amide bonds. The molecule has 3 heterocycles. The highest BCUT2D eigenvalue weighted by Crippen LogP contribution is 2.22. The highest BCUT2D eigenvalue weighted by Gasteiger charge is 2.12. The summed E-state index contributed by atoms with van der Waals surface area (Å²) in [6.45, 7) is 4.33. The van der Waals surface area contributed by atoms with Gasteiger partial charge in [-0.3, -0.25) is 4.98 Å². The minimum atomic E-state index is -0.558. The molecule has 3 aromatic heterocycles. The van der Waals surface area contributed by atoms with Gasteiger partial charge in [-0.15, -0.1) is 0 Å². The fourth-order valence-electron chi connectivity index (χ4n) is 2.20. The number of nitrogens with one attached hydrogen (secondary N) is 1. The largest absolute Gasteiger partial charge is 0.387 e. The second-order valence-corrected chi connectivity index (χ2v) is 6.08. The number of rotatable bonds is 5. The summed E-state index contributed by atoms with van der Waals surface area (Å²) in [5, 5.41) is 17.4. The maximum atomic E-state index is 10.2. The molecule has 0 saturated carbocycles. The number of hydrogen-bond acceptors (Lipinski definition) is 6. The fraction of sp³-hybridized carbons (Fsp3) is 0.235. The van der Waals surface area contributed by atoms with Gasteiger partial charge in [0.15, 0.2) is 5.82 Å². The van der Waals surface area contributed by atoms with Gasteiger partial charge in [-0.2, -0.15) is 11.3 Å². The molecular weight excluding hydrogens is 308 g/mol. The lowest BCUT2D eigenvalue weighted by atomic mass is 10.2. The molecule has 0 spiro atoms. The van der Waals surface area contributed by atoms with Crippen LogP contribution in [-0.2, 0) is 0 Å². The predicted octanol–water partition coefficient (Wildman–Crippen LogP) is 3.36. The zero-order valence-electron chi connectivity index (χ0n) is 13.0. The highest BCUT2D eigenvalue weighted by molar-refractivity contribution is 7.07. The lowest BCUT2D eigenvalue weighted by Gasteiger charge is -2.15. The number of anilines is 1. The van der Waals surface area contributed by atoms with Gasteiger partial charge in [0.1, 0.15) is 5.82 Å². The summed E-state index contributed by atoms with van der Waals surface area (Å²) in [5.74, 6) is 1.37. The van der Waals surface area contributed by atoms with Gasteiger partial charge in [-0.25, -0.2) is 9.97 Å². The number of aromatic nitrogens is 3. The number of aliphatic hydroxyl groups is 1. The number of pyridine rings is 1. The second-order valence-electron chi connectivity index (χ2n) is 5.30. The van der Waals surface area contributed by atoms with Crippen LogP contribution >= 0.6 is 11.3 Å². The topological polar surface area (TPSA) is 70.9 Å². The summed E-state index contributed by atoms with van der Waals surface area (Å²) in [4.78, 5) is 13.2. The summed E-state index contributed by atoms with van der Waals surface area (Å²) >= 11 is 1.57. The smallest absolute Gasteiger partial charge is 0.163 e. The number of aryl methyl sites for hydroxylation is 1. The Hall–Kier alpha value is -2.31. The Morgan fingerprint density at radius 2 is 2.13 bits per heavy atom. The first-order chi connectivity index (χ1) is 11.1. The van der Waals surface area contributed by atoms with Gasteiger partial charge >= 0.3 is 0 Å². The zero-order valence-corrected chi connectivity index (χ0v) is 13.8. The molecule has 23 heavy (non-hydrogen) atoms. The number of aliphatic hydroxyl groups excluding tert-OH is 1. The van der Waals surface area contributed by atoms with Gasteiger partial charge in [-0.1, -0.05) is 0 Å². The van der Waals surface area contributed by atoms with Crippen LogP contribution in [0.4, 0.5) is 5.82 Å². The van der Waals surface area contributed by atoms with E-state index in [2.05, 4.69) is 20.3 Å². The first-order valence-electron chi connectivity index (χ1n) is 7.35. The van der Waals surface area contributed by atoms with Crippen LogP contribution in [0.3, 0.4) is 0 Å². The normalized spacial score (nSPS) is 12.1. The average molecular weight is 326 g/mol. The van der Waals surface area contributed by atoms with Crippen molar-refractivity contribution in [1.82, 2.24) is 15.0 Å². The third-order valence-electron chi connectivity index (χ3n) is 3.70. The molecule has 6 heteroatoms. The molecule has 0 fully saturated rings. The van der Waals surface area contributed by atoms with E-state index in [1.807, 2.05) is 42.8 Å². The molecule has 0 aliphatic heterocycles. The van der Waals surface area contributed by atoms with Crippen LogP contribution in [-0.4, -0.2) is 26.6 Å². The van der Waals surface area contributed by atoms with Crippen LogP contribution < -0.4 is 5.32 Å².